The molecule has 9 aromatic rings. The Morgan fingerprint density at radius 2 is 1.16 bits per heavy atom. The van der Waals surface area contributed by atoms with Gasteiger partial charge in [-0.3, -0.25) is 0 Å². The molecule has 2 heterocycles. The van der Waals surface area contributed by atoms with Gasteiger partial charge in [-0.2, -0.15) is 14.2 Å². The van der Waals surface area contributed by atoms with Crippen molar-refractivity contribution in [2.75, 3.05) is 0 Å². The van der Waals surface area contributed by atoms with Crippen LogP contribution in [0.3, 0.4) is 0 Å². The normalized spacial score (nSPS) is 11.3. The molecule has 7 aromatic carbocycles. The minimum absolute atomic E-state index is 0.743. The van der Waals surface area contributed by atoms with Crippen molar-refractivity contribution in [3.05, 3.63) is 189 Å². The van der Waals surface area contributed by atoms with Crippen LogP contribution in [0, 0.1) is 0 Å². The number of nitrogens with zero attached hydrogens (tertiary/aromatic N) is 4. The lowest BCUT2D eigenvalue weighted by Crippen LogP contribution is -2.31. The van der Waals surface area contributed by atoms with Crippen LogP contribution in [0.1, 0.15) is 0 Å². The van der Waals surface area contributed by atoms with Gasteiger partial charge in [0.1, 0.15) is 22.9 Å². The third kappa shape index (κ3) is 5.24. The van der Waals surface area contributed by atoms with E-state index in [1.54, 1.807) is 6.20 Å². The predicted octanol–water partition coefficient (Wildman–Crippen LogP) is 10.4. The van der Waals surface area contributed by atoms with E-state index in [0.29, 0.717) is 0 Å². The first kappa shape index (κ1) is 28.5. The molecule has 0 N–H and O–H groups in total. The molecule has 0 saturated carbocycles. The molecule has 0 fully saturated rings. The summed E-state index contributed by atoms with van der Waals surface area (Å²) in [6, 6.07) is 59.1. The van der Waals surface area contributed by atoms with Crippen LogP contribution in [0.4, 0.5) is 0 Å². The van der Waals surface area contributed by atoms with Crippen LogP contribution in [0.2, 0.25) is 0 Å². The molecular formula is C44H31N4O+. The molecule has 0 bridgehead atoms. The molecule has 0 spiro atoms. The Kier molecular flexibility index (Phi) is 7.06. The van der Waals surface area contributed by atoms with Crippen molar-refractivity contribution in [2.45, 2.75) is 0 Å². The Morgan fingerprint density at radius 3 is 1.86 bits per heavy atom. The maximum absolute atomic E-state index is 6.45. The van der Waals surface area contributed by atoms with E-state index in [4.69, 9.17) is 4.74 Å². The van der Waals surface area contributed by atoms with Gasteiger partial charge in [0.2, 0.25) is 0 Å². The minimum atomic E-state index is 0.743. The smallest absolute Gasteiger partial charge is 0.255 e. The van der Waals surface area contributed by atoms with Gasteiger partial charge in [-0.05, 0) is 65.0 Å². The predicted molar refractivity (Wildman–Crippen MR) is 197 cm³/mol. The van der Waals surface area contributed by atoms with Gasteiger partial charge in [-0.25, -0.2) is 4.68 Å². The summed E-state index contributed by atoms with van der Waals surface area (Å²) in [4.78, 5) is 0. The highest BCUT2D eigenvalue weighted by atomic mass is 16.5. The second-order valence-electron chi connectivity index (χ2n) is 12.0. The van der Waals surface area contributed by atoms with E-state index in [1.807, 2.05) is 53.3 Å². The fourth-order valence-electron chi connectivity index (χ4n) is 6.75. The molecular weight excluding hydrogens is 601 g/mol. The van der Waals surface area contributed by atoms with E-state index in [2.05, 4.69) is 148 Å². The third-order valence-electron chi connectivity index (χ3n) is 8.98. The molecule has 0 radical (unpaired) electrons. The number of benzene rings is 7. The van der Waals surface area contributed by atoms with Gasteiger partial charge in [0.05, 0.1) is 5.69 Å². The average Bonchev–Trinajstić information content (AvgIpc) is 3.85. The Morgan fingerprint density at radius 1 is 0.531 bits per heavy atom. The van der Waals surface area contributed by atoms with E-state index < -0.39 is 0 Å². The molecule has 0 atom stereocenters. The van der Waals surface area contributed by atoms with Crippen LogP contribution in [0.5, 0.6) is 11.5 Å². The van der Waals surface area contributed by atoms with Crippen molar-refractivity contribution in [2.24, 2.45) is 0 Å². The lowest BCUT2D eigenvalue weighted by Gasteiger charge is -2.13. The molecule has 5 heteroatoms. The Bertz CT molecular complexity index is 2510. The van der Waals surface area contributed by atoms with Crippen molar-refractivity contribution < 1.29 is 9.30 Å². The number of imidazole rings is 1. The first-order chi connectivity index (χ1) is 24.3. The highest BCUT2D eigenvalue weighted by molar-refractivity contribution is 6.03. The van der Waals surface area contributed by atoms with Gasteiger partial charge in [0.25, 0.3) is 6.33 Å². The topological polar surface area (TPSA) is 35.9 Å². The molecule has 5 nitrogen and oxygen atoms in total. The van der Waals surface area contributed by atoms with Crippen LogP contribution in [-0.2, 0) is 0 Å². The highest BCUT2D eigenvalue weighted by Gasteiger charge is 2.26. The zero-order chi connectivity index (χ0) is 32.6. The van der Waals surface area contributed by atoms with Crippen molar-refractivity contribution in [1.29, 1.82) is 0 Å². The van der Waals surface area contributed by atoms with Crippen molar-refractivity contribution in [3.8, 4) is 50.8 Å². The van der Waals surface area contributed by atoms with Gasteiger partial charge in [-0.15, -0.1) is 0 Å². The molecule has 0 amide bonds. The Balaban J connectivity index is 1.26. The second-order valence-corrected chi connectivity index (χ2v) is 12.0. The van der Waals surface area contributed by atoms with E-state index in [-0.39, 0.29) is 0 Å². The maximum atomic E-state index is 6.45. The number of aromatic nitrogens is 4. The number of ether oxygens (including phenoxy) is 1. The third-order valence-corrected chi connectivity index (χ3v) is 8.98. The summed E-state index contributed by atoms with van der Waals surface area (Å²) in [7, 11) is 0. The molecule has 0 aliphatic rings. The molecule has 232 valence electrons. The monoisotopic (exact) mass is 631 g/mol. The van der Waals surface area contributed by atoms with Crippen molar-refractivity contribution in [3.63, 3.8) is 0 Å². The van der Waals surface area contributed by atoms with Crippen LogP contribution in [-0.4, -0.2) is 14.3 Å². The number of fused-ring (bicyclic) bond motifs is 3. The summed E-state index contributed by atoms with van der Waals surface area (Å²) in [5.41, 5.74) is 9.94. The summed E-state index contributed by atoms with van der Waals surface area (Å²) in [5, 5.41) is 6.75. The van der Waals surface area contributed by atoms with Crippen molar-refractivity contribution in [1.82, 2.24) is 14.3 Å². The Labute approximate surface area is 284 Å². The summed E-state index contributed by atoms with van der Waals surface area (Å²) in [6.07, 6.45) is 5.92. The quantitative estimate of drug-likeness (QED) is 0.164. The number of hydrogen-bond acceptors (Lipinski definition) is 2. The SMILES string of the molecule is c1ccc(-c2cccc(-c3ccccc3)c2-[n+]2cn(-c3cccc(Oc4cccc(-n5cccn5)c4)c3)c3ccc4ccccc4c32)cc1. The first-order valence-electron chi connectivity index (χ1n) is 16.4. The molecule has 0 aliphatic carbocycles. The minimum Gasteiger partial charge on any atom is -0.457 e. The van der Waals surface area contributed by atoms with Gasteiger partial charge < -0.3 is 4.74 Å². The maximum Gasteiger partial charge on any atom is 0.255 e. The highest BCUT2D eigenvalue weighted by Crippen LogP contribution is 2.36. The number of para-hydroxylation sites is 1. The van der Waals surface area contributed by atoms with Gasteiger partial charge >= 0.3 is 0 Å². The zero-order valence-electron chi connectivity index (χ0n) is 26.6. The summed E-state index contributed by atoms with van der Waals surface area (Å²) < 4.78 is 12.9. The summed E-state index contributed by atoms with van der Waals surface area (Å²) >= 11 is 0. The van der Waals surface area contributed by atoms with E-state index in [9.17, 15) is 0 Å². The number of hydrogen-bond donors (Lipinski definition) is 0. The van der Waals surface area contributed by atoms with Gasteiger partial charge in [0.15, 0.2) is 11.0 Å². The van der Waals surface area contributed by atoms with Crippen LogP contribution in [0.25, 0.3) is 61.1 Å². The van der Waals surface area contributed by atoms with E-state index in [0.717, 1.165) is 61.8 Å². The zero-order valence-corrected chi connectivity index (χ0v) is 26.6. The van der Waals surface area contributed by atoms with E-state index >= 15 is 0 Å². The number of rotatable bonds is 7. The molecule has 0 unspecified atom stereocenters. The molecule has 0 aliphatic heterocycles. The fraction of sp³-hybridized carbons (Fsp3) is 0. The molecule has 49 heavy (non-hydrogen) atoms. The van der Waals surface area contributed by atoms with Crippen molar-refractivity contribution >= 4 is 21.8 Å². The largest absolute Gasteiger partial charge is 0.457 e. The lowest BCUT2D eigenvalue weighted by molar-refractivity contribution is -0.565. The second kappa shape index (κ2) is 12.1. The lowest BCUT2D eigenvalue weighted by atomic mass is 9.95. The molecule has 0 saturated heterocycles. The van der Waals surface area contributed by atoms with Gasteiger partial charge in [0, 0.05) is 41.0 Å². The molecule has 2 aromatic heterocycles. The molecule has 9 rings (SSSR count). The van der Waals surface area contributed by atoms with Crippen LogP contribution in [0.15, 0.2) is 189 Å². The Hall–Kier alpha value is -6.72. The first-order valence-corrected chi connectivity index (χ1v) is 16.4. The summed E-state index contributed by atoms with van der Waals surface area (Å²) in [5.74, 6) is 1.49. The average molecular weight is 632 g/mol. The van der Waals surface area contributed by atoms with Crippen LogP contribution >= 0.6 is 0 Å². The van der Waals surface area contributed by atoms with E-state index in [1.165, 1.54) is 10.8 Å². The summed E-state index contributed by atoms with van der Waals surface area (Å²) in [6.45, 7) is 0. The fourth-order valence-corrected chi connectivity index (χ4v) is 6.75. The van der Waals surface area contributed by atoms with Crippen LogP contribution < -0.4 is 9.30 Å². The standard InChI is InChI=1S/C44H31N4O/c1-3-13-32(14-4-1)39-23-11-24-40(33-15-5-2-6-16-33)43(39)47-31-46(42-26-25-34-17-7-8-22-41(34)44(42)47)35-18-9-20-37(29-35)49-38-21-10-19-36(30-38)48-28-12-27-45-48/h1-31H/q+1. The van der Waals surface area contributed by atoms with Gasteiger partial charge in [-0.1, -0.05) is 109 Å².